The van der Waals surface area contributed by atoms with Crippen LogP contribution in [0.1, 0.15) is 30.7 Å². The van der Waals surface area contributed by atoms with Crippen molar-refractivity contribution in [3.05, 3.63) is 54.2 Å². The quantitative estimate of drug-likeness (QED) is 0.735. The molecule has 1 atom stereocenters. The van der Waals surface area contributed by atoms with E-state index in [4.69, 9.17) is 8.94 Å². The van der Waals surface area contributed by atoms with Crippen LogP contribution in [0.5, 0.6) is 0 Å². The fourth-order valence-corrected chi connectivity index (χ4v) is 2.95. The van der Waals surface area contributed by atoms with Gasteiger partial charge in [0.05, 0.1) is 11.8 Å². The average Bonchev–Trinajstić information content (AvgIpc) is 3.34. The molecule has 3 heterocycles. The van der Waals surface area contributed by atoms with Crippen molar-refractivity contribution in [1.29, 1.82) is 0 Å². The number of hydrogen-bond acceptors (Lipinski definition) is 5. The number of aromatic nitrogens is 2. The molecule has 1 aliphatic heterocycles. The van der Waals surface area contributed by atoms with Crippen LogP contribution in [-0.4, -0.2) is 22.6 Å². The molecule has 0 radical (unpaired) electrons. The zero-order valence-corrected chi connectivity index (χ0v) is 13.3. The lowest BCUT2D eigenvalue weighted by atomic mass is 10.1. The molecular formula is C18H17N3O3. The Morgan fingerprint density at radius 3 is 2.79 bits per heavy atom. The molecule has 0 spiro atoms. The SMILES string of the molecule is CCc1ccc(N2CC(c3noc(-c4ccoc4)n3)CC2=O)cc1. The van der Waals surface area contributed by atoms with Crippen molar-refractivity contribution >= 4 is 11.6 Å². The summed E-state index contributed by atoms with van der Waals surface area (Å²) in [5.74, 6) is 0.996. The van der Waals surface area contributed by atoms with E-state index in [-0.39, 0.29) is 11.8 Å². The van der Waals surface area contributed by atoms with Crippen molar-refractivity contribution in [1.82, 2.24) is 10.1 Å². The predicted molar refractivity (Wildman–Crippen MR) is 87.5 cm³/mol. The van der Waals surface area contributed by atoms with Gasteiger partial charge in [0.1, 0.15) is 6.26 Å². The smallest absolute Gasteiger partial charge is 0.261 e. The standard InChI is InChI=1S/C18H17N3O3/c1-2-12-3-5-15(6-4-12)21-10-14(9-16(21)22)17-19-18(24-20-17)13-7-8-23-11-13/h3-8,11,14H,2,9-10H2,1H3. The van der Waals surface area contributed by atoms with Gasteiger partial charge in [-0.1, -0.05) is 24.2 Å². The van der Waals surface area contributed by atoms with Crippen molar-refractivity contribution in [2.24, 2.45) is 0 Å². The summed E-state index contributed by atoms with van der Waals surface area (Å²) < 4.78 is 10.3. The van der Waals surface area contributed by atoms with E-state index in [0.29, 0.717) is 24.7 Å². The number of carbonyl (C=O) groups is 1. The Hall–Kier alpha value is -2.89. The first-order valence-electron chi connectivity index (χ1n) is 8.00. The highest BCUT2D eigenvalue weighted by Crippen LogP contribution is 2.31. The van der Waals surface area contributed by atoms with E-state index in [0.717, 1.165) is 17.7 Å². The molecular weight excluding hydrogens is 306 g/mol. The monoisotopic (exact) mass is 323 g/mol. The predicted octanol–water partition coefficient (Wildman–Crippen LogP) is 3.41. The Morgan fingerprint density at radius 2 is 2.08 bits per heavy atom. The number of furan rings is 1. The first-order valence-corrected chi connectivity index (χ1v) is 8.00. The fraction of sp³-hybridized carbons (Fsp3) is 0.278. The van der Waals surface area contributed by atoms with Crippen LogP contribution in [0, 0.1) is 0 Å². The van der Waals surface area contributed by atoms with Gasteiger partial charge in [0.2, 0.25) is 5.91 Å². The maximum atomic E-state index is 12.4. The van der Waals surface area contributed by atoms with Crippen LogP contribution in [0.4, 0.5) is 5.69 Å². The summed E-state index contributed by atoms with van der Waals surface area (Å²) in [5.41, 5.74) is 2.91. The summed E-state index contributed by atoms with van der Waals surface area (Å²) in [6.45, 7) is 2.68. The van der Waals surface area contributed by atoms with E-state index in [1.165, 1.54) is 5.56 Å². The maximum Gasteiger partial charge on any atom is 0.261 e. The number of carbonyl (C=O) groups excluding carboxylic acids is 1. The number of rotatable bonds is 4. The second-order valence-corrected chi connectivity index (χ2v) is 5.90. The lowest BCUT2D eigenvalue weighted by Crippen LogP contribution is -2.24. The largest absolute Gasteiger partial charge is 0.472 e. The van der Waals surface area contributed by atoms with Gasteiger partial charge in [0, 0.05) is 24.6 Å². The highest BCUT2D eigenvalue weighted by Gasteiger charge is 2.34. The highest BCUT2D eigenvalue weighted by molar-refractivity contribution is 5.96. The molecule has 1 fully saturated rings. The molecule has 0 bridgehead atoms. The van der Waals surface area contributed by atoms with Gasteiger partial charge >= 0.3 is 0 Å². The number of aryl methyl sites for hydroxylation is 1. The van der Waals surface area contributed by atoms with Crippen LogP contribution in [0.3, 0.4) is 0 Å². The molecule has 2 aromatic heterocycles. The summed E-state index contributed by atoms with van der Waals surface area (Å²) in [6.07, 6.45) is 4.48. The molecule has 122 valence electrons. The topological polar surface area (TPSA) is 72.4 Å². The summed E-state index contributed by atoms with van der Waals surface area (Å²) >= 11 is 0. The molecule has 1 saturated heterocycles. The van der Waals surface area contributed by atoms with Crippen LogP contribution in [0.15, 0.2) is 51.8 Å². The van der Waals surface area contributed by atoms with E-state index in [1.54, 1.807) is 23.5 Å². The first kappa shape index (κ1) is 14.7. The minimum Gasteiger partial charge on any atom is -0.472 e. The van der Waals surface area contributed by atoms with Gasteiger partial charge in [-0.15, -0.1) is 0 Å². The molecule has 24 heavy (non-hydrogen) atoms. The highest BCUT2D eigenvalue weighted by atomic mass is 16.5. The third-order valence-corrected chi connectivity index (χ3v) is 4.36. The Kier molecular flexibility index (Phi) is 3.65. The zero-order valence-electron chi connectivity index (χ0n) is 13.3. The minimum absolute atomic E-state index is 0.0623. The van der Waals surface area contributed by atoms with E-state index in [1.807, 2.05) is 12.1 Å². The van der Waals surface area contributed by atoms with E-state index < -0.39 is 0 Å². The van der Waals surface area contributed by atoms with Gasteiger partial charge in [-0.3, -0.25) is 4.79 Å². The average molecular weight is 323 g/mol. The Morgan fingerprint density at radius 1 is 1.25 bits per heavy atom. The summed E-state index contributed by atoms with van der Waals surface area (Å²) in [5, 5.41) is 4.04. The lowest BCUT2D eigenvalue weighted by molar-refractivity contribution is -0.117. The van der Waals surface area contributed by atoms with Gasteiger partial charge in [-0.2, -0.15) is 4.98 Å². The van der Waals surface area contributed by atoms with Gasteiger partial charge in [-0.25, -0.2) is 0 Å². The van der Waals surface area contributed by atoms with Gasteiger partial charge in [-0.05, 0) is 30.2 Å². The second-order valence-electron chi connectivity index (χ2n) is 5.90. The molecule has 6 heteroatoms. The molecule has 6 nitrogen and oxygen atoms in total. The Labute approximate surface area is 139 Å². The second kappa shape index (κ2) is 5.96. The Balaban J connectivity index is 1.53. The summed E-state index contributed by atoms with van der Waals surface area (Å²) in [6, 6.07) is 9.86. The summed E-state index contributed by atoms with van der Waals surface area (Å²) in [4.78, 5) is 18.6. The van der Waals surface area contributed by atoms with E-state index in [9.17, 15) is 4.79 Å². The molecule has 3 aromatic rings. The first-order chi connectivity index (χ1) is 11.7. The van der Waals surface area contributed by atoms with Crippen LogP contribution < -0.4 is 4.90 Å². The van der Waals surface area contributed by atoms with Crippen molar-refractivity contribution in [3.63, 3.8) is 0 Å². The molecule has 1 amide bonds. The fourth-order valence-electron chi connectivity index (χ4n) is 2.95. The van der Waals surface area contributed by atoms with Gasteiger partial charge in [0.15, 0.2) is 5.82 Å². The number of benzene rings is 1. The summed E-state index contributed by atoms with van der Waals surface area (Å²) in [7, 11) is 0. The van der Waals surface area contributed by atoms with Crippen molar-refractivity contribution in [2.75, 3.05) is 11.4 Å². The number of nitrogens with zero attached hydrogens (tertiary/aromatic N) is 3. The molecule has 0 saturated carbocycles. The maximum absolute atomic E-state index is 12.4. The molecule has 1 aliphatic rings. The molecule has 1 aromatic carbocycles. The third kappa shape index (κ3) is 2.60. The van der Waals surface area contributed by atoms with E-state index in [2.05, 4.69) is 29.2 Å². The lowest BCUT2D eigenvalue weighted by Gasteiger charge is -2.16. The van der Waals surface area contributed by atoms with E-state index >= 15 is 0 Å². The van der Waals surface area contributed by atoms with Gasteiger partial charge in [0.25, 0.3) is 5.89 Å². The Bertz CT molecular complexity index is 837. The zero-order chi connectivity index (χ0) is 16.5. The van der Waals surface area contributed by atoms with Gasteiger partial charge < -0.3 is 13.8 Å². The number of amides is 1. The molecule has 4 rings (SSSR count). The van der Waals surface area contributed by atoms with Crippen LogP contribution in [0.2, 0.25) is 0 Å². The molecule has 0 N–H and O–H groups in total. The third-order valence-electron chi connectivity index (χ3n) is 4.36. The van der Waals surface area contributed by atoms with Crippen LogP contribution in [0.25, 0.3) is 11.5 Å². The molecule has 0 aliphatic carbocycles. The van der Waals surface area contributed by atoms with Crippen LogP contribution in [-0.2, 0) is 11.2 Å². The van der Waals surface area contributed by atoms with Crippen molar-refractivity contribution < 1.29 is 13.7 Å². The van der Waals surface area contributed by atoms with Crippen molar-refractivity contribution in [3.8, 4) is 11.5 Å². The normalized spacial score (nSPS) is 17.6. The molecule has 1 unspecified atom stereocenters. The van der Waals surface area contributed by atoms with Crippen LogP contribution >= 0.6 is 0 Å². The number of anilines is 1. The van der Waals surface area contributed by atoms with Crippen molar-refractivity contribution in [2.45, 2.75) is 25.7 Å². The minimum atomic E-state index is -0.0623. The number of hydrogen-bond donors (Lipinski definition) is 0.